The van der Waals surface area contributed by atoms with E-state index in [4.69, 9.17) is 10.5 Å². The van der Waals surface area contributed by atoms with Crippen LogP contribution in [0, 0.1) is 0 Å². The van der Waals surface area contributed by atoms with Crippen LogP contribution in [0.3, 0.4) is 0 Å². The van der Waals surface area contributed by atoms with Gasteiger partial charge in [-0.05, 0) is 18.9 Å². The fourth-order valence-electron chi connectivity index (χ4n) is 2.93. The average Bonchev–Trinajstić information content (AvgIpc) is 2.62. The third kappa shape index (κ3) is 20.7. The largest absolute Gasteiger partial charge is 0.435 e. The summed E-state index contributed by atoms with van der Waals surface area (Å²) in [4.78, 5) is 21.8. The number of carbonyl (C=O) groups excluding carboxylic acids is 2. The number of allylic oxidation sites excluding steroid dienone is 1. The maximum absolute atomic E-state index is 11.2. The van der Waals surface area contributed by atoms with Crippen molar-refractivity contribution >= 4 is 11.9 Å². The second kappa shape index (κ2) is 20.0. The van der Waals surface area contributed by atoms with Gasteiger partial charge in [0, 0.05) is 6.42 Å². The highest BCUT2D eigenvalue weighted by Crippen LogP contribution is 2.13. The first-order valence-electron chi connectivity index (χ1n) is 10.8. The predicted molar refractivity (Wildman–Crippen MR) is 109 cm³/mol. The summed E-state index contributed by atoms with van der Waals surface area (Å²) in [5.74, 6) is -0.880. The second-order valence-electron chi connectivity index (χ2n) is 7.21. The van der Waals surface area contributed by atoms with Gasteiger partial charge in [0.15, 0.2) is 0 Å². The van der Waals surface area contributed by atoms with Crippen molar-refractivity contribution in [2.24, 2.45) is 5.73 Å². The molecule has 0 atom stereocenters. The molecule has 0 fully saturated rings. The van der Waals surface area contributed by atoms with Crippen molar-refractivity contribution in [3.05, 3.63) is 12.3 Å². The van der Waals surface area contributed by atoms with Crippen LogP contribution in [0.2, 0.25) is 0 Å². The topological polar surface area (TPSA) is 69.4 Å². The SMILES string of the molecule is CCCCCCCCCCCCCCCCC=COC(=O)CCC(N)=O. The van der Waals surface area contributed by atoms with Crippen molar-refractivity contribution < 1.29 is 14.3 Å². The molecule has 2 N–H and O–H groups in total. The maximum Gasteiger partial charge on any atom is 0.311 e. The second-order valence-corrected chi connectivity index (χ2v) is 7.21. The average molecular weight is 368 g/mol. The molecule has 26 heavy (non-hydrogen) atoms. The summed E-state index contributed by atoms with van der Waals surface area (Å²) in [5, 5.41) is 0. The van der Waals surface area contributed by atoms with Gasteiger partial charge in [0.1, 0.15) is 0 Å². The number of esters is 1. The van der Waals surface area contributed by atoms with E-state index in [0.717, 1.165) is 12.8 Å². The van der Waals surface area contributed by atoms with Crippen LogP contribution < -0.4 is 5.73 Å². The van der Waals surface area contributed by atoms with E-state index >= 15 is 0 Å². The molecule has 0 saturated carbocycles. The third-order valence-corrected chi connectivity index (χ3v) is 4.60. The van der Waals surface area contributed by atoms with E-state index in [-0.39, 0.29) is 12.8 Å². The van der Waals surface area contributed by atoms with Crippen LogP contribution in [0.25, 0.3) is 0 Å². The maximum atomic E-state index is 11.2. The standard InChI is InChI=1S/C22H41NO3/c1-2-3-4-5-6-7-8-9-10-11-12-13-14-15-16-17-20-26-22(25)19-18-21(23)24/h17,20H,2-16,18-19H2,1H3,(H2,23,24). The summed E-state index contributed by atoms with van der Waals surface area (Å²) >= 11 is 0. The van der Waals surface area contributed by atoms with Crippen molar-refractivity contribution in [1.82, 2.24) is 0 Å². The van der Waals surface area contributed by atoms with Gasteiger partial charge in [0.25, 0.3) is 0 Å². The summed E-state index contributed by atoms with van der Waals surface area (Å²) in [6.07, 6.45) is 23.3. The molecule has 0 aromatic carbocycles. The zero-order valence-corrected chi connectivity index (χ0v) is 17.0. The molecule has 0 heterocycles. The summed E-state index contributed by atoms with van der Waals surface area (Å²) in [6, 6.07) is 0. The Morgan fingerprint density at radius 1 is 0.731 bits per heavy atom. The Balaban J connectivity index is 3.18. The number of amides is 1. The Morgan fingerprint density at radius 2 is 1.19 bits per heavy atom. The van der Waals surface area contributed by atoms with Crippen molar-refractivity contribution in [3.8, 4) is 0 Å². The summed E-state index contributed by atoms with van der Waals surface area (Å²) in [6.45, 7) is 2.27. The number of unbranched alkanes of at least 4 members (excludes halogenated alkanes) is 14. The third-order valence-electron chi connectivity index (χ3n) is 4.60. The predicted octanol–water partition coefficient (Wildman–Crippen LogP) is 6.18. The Labute approximate surface area is 160 Å². The van der Waals surface area contributed by atoms with E-state index in [1.54, 1.807) is 0 Å². The highest BCUT2D eigenvalue weighted by atomic mass is 16.5. The molecule has 1 amide bonds. The molecule has 0 bridgehead atoms. The lowest BCUT2D eigenvalue weighted by Crippen LogP contribution is -2.12. The number of hydrogen-bond acceptors (Lipinski definition) is 3. The molecule has 0 aromatic heterocycles. The van der Waals surface area contributed by atoms with Crippen LogP contribution in [-0.2, 0) is 14.3 Å². The molecule has 0 unspecified atom stereocenters. The molecular formula is C22H41NO3. The number of ether oxygens (including phenoxy) is 1. The number of carbonyl (C=O) groups is 2. The molecule has 0 spiro atoms. The number of hydrogen-bond donors (Lipinski definition) is 1. The van der Waals surface area contributed by atoms with Crippen molar-refractivity contribution in [2.45, 2.75) is 116 Å². The molecule has 0 rings (SSSR count). The van der Waals surface area contributed by atoms with Gasteiger partial charge in [-0.2, -0.15) is 0 Å². The van der Waals surface area contributed by atoms with Gasteiger partial charge < -0.3 is 10.5 Å². The van der Waals surface area contributed by atoms with Gasteiger partial charge in [-0.3, -0.25) is 9.59 Å². The molecule has 0 aliphatic rings. The van der Waals surface area contributed by atoms with Crippen molar-refractivity contribution in [2.75, 3.05) is 0 Å². The van der Waals surface area contributed by atoms with Crippen LogP contribution in [0.4, 0.5) is 0 Å². The first kappa shape index (κ1) is 24.7. The number of nitrogens with two attached hydrogens (primary N) is 1. The highest BCUT2D eigenvalue weighted by Gasteiger charge is 2.03. The molecule has 0 aliphatic carbocycles. The Hall–Kier alpha value is -1.32. The number of primary amides is 1. The number of rotatable bonds is 19. The summed E-state index contributed by atoms with van der Waals surface area (Å²) < 4.78 is 4.88. The zero-order chi connectivity index (χ0) is 19.3. The van der Waals surface area contributed by atoms with Crippen LogP contribution in [0.15, 0.2) is 12.3 Å². The lowest BCUT2D eigenvalue weighted by molar-refractivity contribution is -0.139. The normalized spacial score (nSPS) is 11.1. The summed E-state index contributed by atoms with van der Waals surface area (Å²) in [7, 11) is 0. The molecule has 0 aliphatic heterocycles. The smallest absolute Gasteiger partial charge is 0.311 e. The Kier molecular flexibility index (Phi) is 19.0. The van der Waals surface area contributed by atoms with Crippen LogP contribution in [0.5, 0.6) is 0 Å². The Bertz CT molecular complexity index is 366. The minimum absolute atomic E-state index is 0.0473. The molecule has 0 radical (unpaired) electrons. The van der Waals surface area contributed by atoms with Crippen LogP contribution >= 0.6 is 0 Å². The van der Waals surface area contributed by atoms with E-state index in [2.05, 4.69) is 6.92 Å². The highest BCUT2D eigenvalue weighted by molar-refractivity contribution is 5.80. The van der Waals surface area contributed by atoms with Crippen molar-refractivity contribution in [1.29, 1.82) is 0 Å². The van der Waals surface area contributed by atoms with Gasteiger partial charge in [-0.25, -0.2) is 0 Å². The first-order chi connectivity index (χ1) is 12.7. The van der Waals surface area contributed by atoms with Gasteiger partial charge >= 0.3 is 5.97 Å². The quantitative estimate of drug-likeness (QED) is 0.168. The lowest BCUT2D eigenvalue weighted by Gasteiger charge is -2.02. The van der Waals surface area contributed by atoms with Gasteiger partial charge in [-0.1, -0.05) is 90.4 Å². The molecular weight excluding hydrogens is 326 g/mol. The Morgan fingerprint density at radius 3 is 1.65 bits per heavy atom. The molecule has 4 heteroatoms. The molecule has 0 aromatic rings. The van der Waals surface area contributed by atoms with E-state index in [0.29, 0.717) is 0 Å². The van der Waals surface area contributed by atoms with E-state index < -0.39 is 11.9 Å². The van der Waals surface area contributed by atoms with Gasteiger partial charge in [0.05, 0.1) is 12.7 Å². The van der Waals surface area contributed by atoms with Gasteiger partial charge in [0.2, 0.25) is 5.91 Å². The molecule has 4 nitrogen and oxygen atoms in total. The summed E-state index contributed by atoms with van der Waals surface area (Å²) in [5.41, 5.74) is 4.97. The fourth-order valence-corrected chi connectivity index (χ4v) is 2.93. The first-order valence-corrected chi connectivity index (χ1v) is 10.8. The van der Waals surface area contributed by atoms with Gasteiger partial charge in [-0.15, -0.1) is 0 Å². The zero-order valence-electron chi connectivity index (χ0n) is 17.0. The monoisotopic (exact) mass is 367 g/mol. The minimum Gasteiger partial charge on any atom is -0.435 e. The van der Waals surface area contributed by atoms with E-state index in [1.807, 2.05) is 6.08 Å². The molecule has 152 valence electrons. The van der Waals surface area contributed by atoms with Crippen LogP contribution in [-0.4, -0.2) is 11.9 Å². The molecule has 0 saturated heterocycles. The fraction of sp³-hybridized carbons (Fsp3) is 0.818. The van der Waals surface area contributed by atoms with Crippen molar-refractivity contribution in [3.63, 3.8) is 0 Å². The minimum atomic E-state index is -0.478. The lowest BCUT2D eigenvalue weighted by atomic mass is 10.0. The van der Waals surface area contributed by atoms with E-state index in [9.17, 15) is 9.59 Å². The van der Waals surface area contributed by atoms with Crippen LogP contribution in [0.1, 0.15) is 116 Å². The van der Waals surface area contributed by atoms with E-state index in [1.165, 1.54) is 89.7 Å².